The summed E-state index contributed by atoms with van der Waals surface area (Å²) in [5.41, 5.74) is 1.94. The van der Waals surface area contributed by atoms with E-state index in [1.54, 1.807) is 10.7 Å². The zero-order valence-corrected chi connectivity index (χ0v) is 13.8. The lowest BCUT2D eigenvalue weighted by Gasteiger charge is -2.03. The second-order valence-corrected chi connectivity index (χ2v) is 5.74. The molecule has 0 aliphatic heterocycles. The van der Waals surface area contributed by atoms with Crippen LogP contribution in [0.2, 0.25) is 0 Å². The maximum Gasteiger partial charge on any atom is 0.270 e. The lowest BCUT2D eigenvalue weighted by Crippen LogP contribution is -2.03. The van der Waals surface area contributed by atoms with E-state index in [0.29, 0.717) is 29.7 Å². The van der Waals surface area contributed by atoms with Crippen molar-refractivity contribution in [2.75, 3.05) is 11.9 Å². The van der Waals surface area contributed by atoms with Crippen LogP contribution in [-0.2, 0) is 6.54 Å². The predicted octanol–water partition coefficient (Wildman–Crippen LogP) is 3.77. The van der Waals surface area contributed by atoms with Gasteiger partial charge in [0, 0.05) is 17.5 Å². The van der Waals surface area contributed by atoms with Gasteiger partial charge in [0.2, 0.25) is 5.88 Å². The Labute approximate surface area is 141 Å². The normalized spacial score (nSPS) is 10.8. The molecule has 0 atom stereocenters. The third-order valence-corrected chi connectivity index (χ3v) is 3.73. The first-order valence-corrected chi connectivity index (χ1v) is 8.19. The number of fused-ring (bicyclic) bond motifs is 1. The number of hydrogen-bond acceptors (Lipinski definition) is 4. The fourth-order valence-corrected chi connectivity index (χ4v) is 2.53. The summed E-state index contributed by atoms with van der Waals surface area (Å²) in [5.74, 6) is 0.416. The Bertz CT molecular complexity index is 833. The number of halogens is 1. The molecule has 0 saturated carbocycles. The molecule has 0 radical (unpaired) electrons. The minimum atomic E-state index is -0.414. The van der Waals surface area contributed by atoms with Crippen molar-refractivity contribution in [3.05, 3.63) is 64.2 Å². The predicted molar refractivity (Wildman–Crippen MR) is 91.2 cm³/mol. The van der Waals surface area contributed by atoms with Gasteiger partial charge in [0.05, 0.1) is 29.0 Å². The van der Waals surface area contributed by atoms with Gasteiger partial charge in [-0.25, -0.2) is 0 Å². The minimum absolute atomic E-state index is 0.0282. The third kappa shape index (κ3) is 3.34. The molecular weight excluding hydrogens is 362 g/mol. The summed E-state index contributed by atoms with van der Waals surface area (Å²) in [6.45, 7) is 1.02. The summed E-state index contributed by atoms with van der Waals surface area (Å²) >= 11 is 3.30. The third-order valence-electron chi connectivity index (χ3n) is 3.40. The van der Waals surface area contributed by atoms with Gasteiger partial charge in [0.1, 0.15) is 0 Å². The van der Waals surface area contributed by atoms with Crippen molar-refractivity contribution in [1.82, 2.24) is 9.78 Å². The van der Waals surface area contributed by atoms with Crippen LogP contribution in [0.5, 0.6) is 5.88 Å². The van der Waals surface area contributed by atoms with Crippen LogP contribution in [-0.4, -0.2) is 26.6 Å². The molecule has 0 unspecified atom stereocenters. The summed E-state index contributed by atoms with van der Waals surface area (Å²) in [6, 6.07) is 14.6. The number of ether oxygens (including phenoxy) is 1. The molecule has 0 bridgehead atoms. The number of non-ortho nitro benzene ring substituents is 1. The molecule has 118 valence electrons. The molecule has 0 fully saturated rings. The standard InChI is InChI=1S/C16H14BrN3O3/c17-8-9-23-16-14-10-13(20(21)22)6-7-15(14)19(18-16)11-12-4-2-1-3-5-12/h1-7,10H,8-9,11H2. The lowest BCUT2D eigenvalue weighted by molar-refractivity contribution is -0.384. The van der Waals surface area contributed by atoms with Crippen molar-refractivity contribution in [1.29, 1.82) is 0 Å². The number of nitro benzene ring substituents is 1. The molecule has 7 heteroatoms. The van der Waals surface area contributed by atoms with Gasteiger partial charge in [0.25, 0.3) is 5.69 Å². The van der Waals surface area contributed by atoms with Gasteiger partial charge in [-0.3, -0.25) is 14.8 Å². The Kier molecular flexibility index (Phi) is 4.57. The van der Waals surface area contributed by atoms with Crippen molar-refractivity contribution in [3.8, 4) is 5.88 Å². The summed E-state index contributed by atoms with van der Waals surface area (Å²) < 4.78 is 7.42. The highest BCUT2D eigenvalue weighted by Crippen LogP contribution is 2.29. The summed E-state index contributed by atoms with van der Waals surface area (Å²) in [7, 11) is 0. The van der Waals surface area contributed by atoms with E-state index in [4.69, 9.17) is 4.74 Å². The SMILES string of the molecule is O=[N+]([O-])c1ccc2c(c1)c(OCCBr)nn2Cc1ccccc1. The number of benzene rings is 2. The Morgan fingerprint density at radius 1 is 1.22 bits per heavy atom. The van der Waals surface area contributed by atoms with Crippen LogP contribution in [0.3, 0.4) is 0 Å². The average molecular weight is 376 g/mol. The van der Waals surface area contributed by atoms with E-state index in [1.165, 1.54) is 12.1 Å². The number of rotatable bonds is 6. The topological polar surface area (TPSA) is 70.2 Å². The van der Waals surface area contributed by atoms with E-state index in [1.807, 2.05) is 30.3 Å². The van der Waals surface area contributed by atoms with E-state index in [-0.39, 0.29) is 5.69 Å². The van der Waals surface area contributed by atoms with Gasteiger partial charge >= 0.3 is 0 Å². The molecule has 3 rings (SSSR count). The second kappa shape index (κ2) is 6.78. The number of nitrogens with zero attached hydrogens (tertiary/aromatic N) is 3. The zero-order valence-electron chi connectivity index (χ0n) is 12.2. The molecular formula is C16H14BrN3O3. The second-order valence-electron chi connectivity index (χ2n) is 4.94. The summed E-state index contributed by atoms with van der Waals surface area (Å²) in [5, 5.41) is 16.8. The van der Waals surface area contributed by atoms with Crippen LogP contribution in [0, 0.1) is 10.1 Å². The maximum absolute atomic E-state index is 11.0. The van der Waals surface area contributed by atoms with Crippen molar-refractivity contribution >= 4 is 32.5 Å². The van der Waals surface area contributed by atoms with E-state index >= 15 is 0 Å². The monoisotopic (exact) mass is 375 g/mol. The number of alkyl halides is 1. The largest absolute Gasteiger partial charge is 0.475 e. The Morgan fingerprint density at radius 3 is 2.70 bits per heavy atom. The number of aromatic nitrogens is 2. The van der Waals surface area contributed by atoms with Crippen LogP contribution >= 0.6 is 15.9 Å². The molecule has 6 nitrogen and oxygen atoms in total. The van der Waals surface area contributed by atoms with Crippen molar-refractivity contribution in [2.45, 2.75) is 6.54 Å². The van der Waals surface area contributed by atoms with E-state index < -0.39 is 4.92 Å². The van der Waals surface area contributed by atoms with E-state index in [9.17, 15) is 10.1 Å². The number of nitro groups is 1. The molecule has 0 saturated heterocycles. The van der Waals surface area contributed by atoms with Crippen LogP contribution in [0.4, 0.5) is 5.69 Å². The Morgan fingerprint density at radius 2 is 2.00 bits per heavy atom. The molecule has 23 heavy (non-hydrogen) atoms. The van der Waals surface area contributed by atoms with Crippen molar-refractivity contribution < 1.29 is 9.66 Å². The van der Waals surface area contributed by atoms with Gasteiger partial charge in [0.15, 0.2) is 0 Å². The molecule has 1 aromatic heterocycles. The minimum Gasteiger partial charge on any atom is -0.475 e. The highest BCUT2D eigenvalue weighted by molar-refractivity contribution is 9.09. The fraction of sp³-hybridized carbons (Fsp3) is 0.188. The first-order chi connectivity index (χ1) is 11.2. The van der Waals surface area contributed by atoms with Crippen LogP contribution in [0.25, 0.3) is 10.9 Å². The average Bonchev–Trinajstić information content (AvgIpc) is 2.91. The molecule has 0 amide bonds. The molecule has 1 heterocycles. The molecule has 0 N–H and O–H groups in total. The molecule has 0 spiro atoms. The molecule has 2 aromatic carbocycles. The summed E-state index contributed by atoms with van der Waals surface area (Å²) in [4.78, 5) is 10.6. The van der Waals surface area contributed by atoms with E-state index in [0.717, 1.165) is 11.1 Å². The quantitative estimate of drug-likeness (QED) is 0.373. The Balaban J connectivity index is 2.05. The maximum atomic E-state index is 11.0. The lowest BCUT2D eigenvalue weighted by atomic mass is 10.2. The number of hydrogen-bond donors (Lipinski definition) is 0. The zero-order chi connectivity index (χ0) is 16.2. The van der Waals surface area contributed by atoms with Crippen LogP contribution < -0.4 is 4.74 Å². The van der Waals surface area contributed by atoms with Gasteiger partial charge in [-0.2, -0.15) is 0 Å². The molecule has 0 aliphatic rings. The fourth-order valence-electron chi connectivity index (χ4n) is 2.37. The first-order valence-electron chi connectivity index (χ1n) is 7.06. The molecule has 3 aromatic rings. The van der Waals surface area contributed by atoms with Crippen molar-refractivity contribution in [2.24, 2.45) is 0 Å². The van der Waals surface area contributed by atoms with Crippen LogP contribution in [0.15, 0.2) is 48.5 Å². The highest BCUT2D eigenvalue weighted by atomic mass is 79.9. The van der Waals surface area contributed by atoms with Crippen molar-refractivity contribution in [3.63, 3.8) is 0 Å². The highest BCUT2D eigenvalue weighted by Gasteiger charge is 2.16. The van der Waals surface area contributed by atoms with E-state index in [2.05, 4.69) is 21.0 Å². The van der Waals surface area contributed by atoms with Gasteiger partial charge in [-0.05, 0) is 11.6 Å². The molecule has 0 aliphatic carbocycles. The van der Waals surface area contributed by atoms with Gasteiger partial charge < -0.3 is 4.74 Å². The van der Waals surface area contributed by atoms with Gasteiger partial charge in [-0.1, -0.05) is 46.3 Å². The van der Waals surface area contributed by atoms with Gasteiger partial charge in [-0.15, -0.1) is 5.10 Å². The van der Waals surface area contributed by atoms with Crippen LogP contribution in [0.1, 0.15) is 5.56 Å². The summed E-state index contributed by atoms with van der Waals surface area (Å²) in [6.07, 6.45) is 0. The Hall–Kier alpha value is -2.41. The smallest absolute Gasteiger partial charge is 0.270 e. The first kappa shape index (κ1) is 15.5.